The van der Waals surface area contributed by atoms with Crippen molar-refractivity contribution < 1.29 is 0 Å². The molecule has 1 aromatic carbocycles. The molecule has 3 nitrogen and oxygen atoms in total. The standard InChI is InChI=1S/C15H19N3/c1-15(2)8-13(15)18-12-6-5-10(16)7-11(12)17-14(18)9-3-4-9/h5-7,9,13H,3-4,8,16H2,1-2H3. The van der Waals surface area contributed by atoms with Gasteiger partial charge in [0.2, 0.25) is 0 Å². The normalized spacial score (nSPS) is 25.6. The van der Waals surface area contributed by atoms with Gasteiger partial charge in [0.05, 0.1) is 11.0 Å². The highest BCUT2D eigenvalue weighted by Gasteiger charge is 2.49. The molecule has 2 aromatic rings. The number of fused-ring (bicyclic) bond motifs is 1. The summed E-state index contributed by atoms with van der Waals surface area (Å²) in [5.41, 5.74) is 9.44. The summed E-state index contributed by atoms with van der Waals surface area (Å²) in [5.74, 6) is 1.99. The predicted octanol–water partition coefficient (Wildman–Crippen LogP) is 3.47. The van der Waals surface area contributed by atoms with E-state index in [1.165, 1.54) is 30.6 Å². The van der Waals surface area contributed by atoms with Gasteiger partial charge in [-0.25, -0.2) is 4.98 Å². The third-order valence-corrected chi connectivity index (χ3v) is 4.46. The second kappa shape index (κ2) is 3.08. The minimum absolute atomic E-state index is 0.429. The van der Waals surface area contributed by atoms with Crippen LogP contribution in [0.25, 0.3) is 11.0 Å². The van der Waals surface area contributed by atoms with Crippen LogP contribution in [0.5, 0.6) is 0 Å². The van der Waals surface area contributed by atoms with Gasteiger partial charge in [-0.1, -0.05) is 13.8 Å². The molecule has 2 aliphatic carbocycles. The molecule has 18 heavy (non-hydrogen) atoms. The molecule has 94 valence electrons. The molecule has 2 fully saturated rings. The van der Waals surface area contributed by atoms with E-state index in [1.807, 2.05) is 12.1 Å². The summed E-state index contributed by atoms with van der Waals surface area (Å²) in [7, 11) is 0. The Labute approximate surface area is 107 Å². The van der Waals surface area contributed by atoms with Crippen LogP contribution < -0.4 is 5.73 Å². The lowest BCUT2D eigenvalue weighted by molar-refractivity contribution is 0.535. The topological polar surface area (TPSA) is 43.8 Å². The fraction of sp³-hybridized carbons (Fsp3) is 0.533. The quantitative estimate of drug-likeness (QED) is 0.818. The van der Waals surface area contributed by atoms with Crippen LogP contribution in [0.4, 0.5) is 5.69 Å². The fourth-order valence-corrected chi connectivity index (χ4v) is 2.97. The summed E-state index contributed by atoms with van der Waals surface area (Å²) in [6.07, 6.45) is 3.86. The van der Waals surface area contributed by atoms with Crippen molar-refractivity contribution in [2.45, 2.75) is 45.1 Å². The van der Waals surface area contributed by atoms with Crippen LogP contribution in [0, 0.1) is 5.41 Å². The zero-order valence-electron chi connectivity index (χ0n) is 11.0. The van der Waals surface area contributed by atoms with E-state index in [9.17, 15) is 0 Å². The number of nitrogens with zero attached hydrogens (tertiary/aromatic N) is 2. The number of aromatic nitrogens is 2. The Morgan fingerprint density at radius 3 is 2.67 bits per heavy atom. The van der Waals surface area contributed by atoms with Crippen molar-refractivity contribution in [3.05, 3.63) is 24.0 Å². The second-order valence-electron chi connectivity index (χ2n) is 6.57. The van der Waals surface area contributed by atoms with Gasteiger partial charge in [0.1, 0.15) is 5.82 Å². The highest BCUT2D eigenvalue weighted by Crippen LogP contribution is 2.58. The van der Waals surface area contributed by atoms with E-state index in [0.717, 1.165) is 11.2 Å². The van der Waals surface area contributed by atoms with Crippen molar-refractivity contribution >= 4 is 16.7 Å². The van der Waals surface area contributed by atoms with Gasteiger partial charge < -0.3 is 10.3 Å². The minimum Gasteiger partial charge on any atom is -0.399 e. The van der Waals surface area contributed by atoms with Crippen molar-refractivity contribution in [2.75, 3.05) is 5.73 Å². The van der Waals surface area contributed by atoms with Gasteiger partial charge in [0, 0.05) is 17.6 Å². The summed E-state index contributed by atoms with van der Waals surface area (Å²) < 4.78 is 2.49. The monoisotopic (exact) mass is 241 g/mol. The van der Waals surface area contributed by atoms with E-state index in [2.05, 4.69) is 24.5 Å². The first-order valence-corrected chi connectivity index (χ1v) is 6.83. The first kappa shape index (κ1) is 10.4. The third kappa shape index (κ3) is 1.39. The van der Waals surface area contributed by atoms with Gasteiger partial charge in [0.15, 0.2) is 0 Å². The first-order chi connectivity index (χ1) is 8.56. The molecule has 2 saturated carbocycles. The first-order valence-electron chi connectivity index (χ1n) is 6.83. The average Bonchev–Trinajstić information content (AvgIpc) is 3.19. The van der Waals surface area contributed by atoms with E-state index < -0.39 is 0 Å². The largest absolute Gasteiger partial charge is 0.399 e. The molecule has 3 heteroatoms. The summed E-state index contributed by atoms with van der Waals surface area (Å²) in [6, 6.07) is 6.76. The van der Waals surface area contributed by atoms with Crippen LogP contribution >= 0.6 is 0 Å². The summed E-state index contributed by atoms with van der Waals surface area (Å²) in [4.78, 5) is 4.85. The zero-order valence-corrected chi connectivity index (χ0v) is 11.0. The van der Waals surface area contributed by atoms with Crippen molar-refractivity contribution in [1.82, 2.24) is 9.55 Å². The van der Waals surface area contributed by atoms with Gasteiger partial charge in [-0.2, -0.15) is 0 Å². The highest BCUT2D eigenvalue weighted by atomic mass is 15.2. The van der Waals surface area contributed by atoms with Gasteiger partial charge in [0.25, 0.3) is 0 Å². The second-order valence-corrected chi connectivity index (χ2v) is 6.57. The molecule has 0 bridgehead atoms. The number of benzene rings is 1. The fourth-order valence-electron chi connectivity index (χ4n) is 2.97. The lowest BCUT2D eigenvalue weighted by atomic mass is 10.2. The van der Waals surface area contributed by atoms with Gasteiger partial charge in [-0.3, -0.25) is 0 Å². The lowest BCUT2D eigenvalue weighted by Gasteiger charge is -2.10. The Balaban J connectivity index is 1.94. The van der Waals surface area contributed by atoms with Gasteiger partial charge in [-0.15, -0.1) is 0 Å². The van der Waals surface area contributed by atoms with E-state index in [4.69, 9.17) is 10.7 Å². The van der Waals surface area contributed by atoms with Crippen LogP contribution in [0.1, 0.15) is 50.9 Å². The SMILES string of the molecule is CC1(C)CC1n1c(C2CC2)nc2cc(N)ccc21. The van der Waals surface area contributed by atoms with Crippen LogP contribution in [-0.4, -0.2) is 9.55 Å². The average molecular weight is 241 g/mol. The summed E-state index contributed by atoms with van der Waals surface area (Å²) >= 11 is 0. The molecule has 0 radical (unpaired) electrons. The number of hydrogen-bond acceptors (Lipinski definition) is 2. The molecule has 1 aromatic heterocycles. The molecular weight excluding hydrogens is 222 g/mol. The van der Waals surface area contributed by atoms with Crippen molar-refractivity contribution in [1.29, 1.82) is 0 Å². The molecule has 2 N–H and O–H groups in total. The zero-order chi connectivity index (χ0) is 12.5. The molecule has 1 atom stereocenters. The number of hydrogen-bond donors (Lipinski definition) is 1. The maximum Gasteiger partial charge on any atom is 0.113 e. The van der Waals surface area contributed by atoms with Crippen LogP contribution in [-0.2, 0) is 0 Å². The molecule has 0 spiro atoms. The molecule has 2 aliphatic rings. The number of anilines is 1. The van der Waals surface area contributed by atoms with E-state index >= 15 is 0 Å². The lowest BCUT2D eigenvalue weighted by Crippen LogP contribution is -2.04. The Hall–Kier alpha value is -1.51. The molecule has 4 rings (SSSR count). The highest BCUT2D eigenvalue weighted by molar-refractivity contribution is 5.80. The molecule has 0 amide bonds. The molecule has 1 heterocycles. The summed E-state index contributed by atoms with van der Waals surface area (Å²) in [5, 5.41) is 0. The van der Waals surface area contributed by atoms with Gasteiger partial charge >= 0.3 is 0 Å². The summed E-state index contributed by atoms with van der Waals surface area (Å²) in [6.45, 7) is 4.69. The molecule has 0 saturated heterocycles. The van der Waals surface area contributed by atoms with Crippen LogP contribution in [0.2, 0.25) is 0 Å². The third-order valence-electron chi connectivity index (χ3n) is 4.46. The number of nitrogen functional groups attached to an aromatic ring is 1. The number of nitrogens with two attached hydrogens (primary N) is 1. The Bertz CT molecular complexity index is 634. The van der Waals surface area contributed by atoms with E-state index in [-0.39, 0.29) is 0 Å². The van der Waals surface area contributed by atoms with E-state index in [0.29, 0.717) is 17.4 Å². The Kier molecular flexibility index (Phi) is 1.78. The van der Waals surface area contributed by atoms with Gasteiger partial charge in [-0.05, 0) is 42.9 Å². The molecule has 1 unspecified atom stereocenters. The van der Waals surface area contributed by atoms with E-state index in [1.54, 1.807) is 0 Å². The van der Waals surface area contributed by atoms with Crippen LogP contribution in [0.15, 0.2) is 18.2 Å². The smallest absolute Gasteiger partial charge is 0.113 e. The minimum atomic E-state index is 0.429. The van der Waals surface area contributed by atoms with Crippen molar-refractivity contribution in [3.8, 4) is 0 Å². The maximum absolute atomic E-state index is 5.87. The van der Waals surface area contributed by atoms with Crippen molar-refractivity contribution in [2.24, 2.45) is 5.41 Å². The van der Waals surface area contributed by atoms with Crippen LogP contribution in [0.3, 0.4) is 0 Å². The predicted molar refractivity (Wildman–Crippen MR) is 73.6 cm³/mol. The Morgan fingerprint density at radius 2 is 2.06 bits per heavy atom. The number of rotatable bonds is 2. The van der Waals surface area contributed by atoms with Crippen molar-refractivity contribution in [3.63, 3.8) is 0 Å². The Morgan fingerprint density at radius 1 is 1.33 bits per heavy atom. The molecular formula is C15H19N3. The maximum atomic E-state index is 5.87. The molecule has 0 aliphatic heterocycles. The number of imidazole rings is 1.